The van der Waals surface area contributed by atoms with Crippen LogP contribution in [0.5, 0.6) is 0 Å². The van der Waals surface area contributed by atoms with Gasteiger partial charge in [-0.25, -0.2) is 0 Å². The molecule has 92 valence electrons. The summed E-state index contributed by atoms with van der Waals surface area (Å²) in [5.74, 6) is 0. The maximum atomic E-state index is 7.47. The number of anilines is 2. The molecule has 3 aromatic carbocycles. The maximum absolute atomic E-state index is 7.47. The summed E-state index contributed by atoms with van der Waals surface area (Å²) in [5.41, 5.74) is 4.46. The molecule has 0 radical (unpaired) electrons. The SMILES string of the molecule is [2H]c1ccc(Nc2ccc(-c3ccccc3)cc2)cc1. The summed E-state index contributed by atoms with van der Waals surface area (Å²) in [6.07, 6.45) is 0. The molecule has 1 heteroatoms. The summed E-state index contributed by atoms with van der Waals surface area (Å²) in [6.45, 7) is 0. The second kappa shape index (κ2) is 5.40. The Kier molecular flexibility index (Phi) is 2.95. The highest BCUT2D eigenvalue weighted by molar-refractivity contribution is 5.68. The largest absolute Gasteiger partial charge is 0.356 e. The fourth-order valence-corrected chi connectivity index (χ4v) is 2.01. The van der Waals surface area contributed by atoms with Gasteiger partial charge in [-0.2, -0.15) is 0 Å². The van der Waals surface area contributed by atoms with Crippen molar-refractivity contribution in [2.45, 2.75) is 0 Å². The molecule has 3 aromatic rings. The number of benzene rings is 3. The molecule has 0 aliphatic rings. The maximum Gasteiger partial charge on any atom is 0.0623 e. The summed E-state index contributed by atoms with van der Waals surface area (Å²) >= 11 is 0. The molecule has 19 heavy (non-hydrogen) atoms. The molecule has 3 rings (SSSR count). The van der Waals surface area contributed by atoms with Gasteiger partial charge < -0.3 is 5.32 Å². The van der Waals surface area contributed by atoms with Crippen LogP contribution < -0.4 is 5.32 Å². The lowest BCUT2D eigenvalue weighted by molar-refractivity contribution is 1.54. The Morgan fingerprint density at radius 1 is 0.579 bits per heavy atom. The quantitative estimate of drug-likeness (QED) is 0.678. The molecule has 0 aliphatic heterocycles. The Morgan fingerprint density at radius 2 is 1.16 bits per heavy atom. The van der Waals surface area contributed by atoms with Gasteiger partial charge in [0.25, 0.3) is 0 Å². The van der Waals surface area contributed by atoms with E-state index in [1.165, 1.54) is 11.1 Å². The van der Waals surface area contributed by atoms with Gasteiger partial charge in [0, 0.05) is 11.4 Å². The molecular formula is C18H15N. The van der Waals surface area contributed by atoms with E-state index in [2.05, 4.69) is 41.7 Å². The zero-order valence-corrected chi connectivity index (χ0v) is 10.5. The van der Waals surface area contributed by atoms with Gasteiger partial charge in [-0.15, -0.1) is 0 Å². The van der Waals surface area contributed by atoms with E-state index in [1.54, 1.807) is 12.1 Å². The predicted molar refractivity (Wildman–Crippen MR) is 81.6 cm³/mol. The molecule has 0 aromatic heterocycles. The highest BCUT2D eigenvalue weighted by Crippen LogP contribution is 2.22. The summed E-state index contributed by atoms with van der Waals surface area (Å²) in [7, 11) is 0. The van der Waals surface area contributed by atoms with E-state index in [1.807, 2.05) is 30.3 Å². The van der Waals surface area contributed by atoms with Crippen LogP contribution in [0.4, 0.5) is 11.4 Å². The van der Waals surface area contributed by atoms with E-state index in [0.717, 1.165) is 11.4 Å². The van der Waals surface area contributed by atoms with Gasteiger partial charge in [0.1, 0.15) is 0 Å². The van der Waals surface area contributed by atoms with Crippen LogP contribution in [0.1, 0.15) is 1.37 Å². The van der Waals surface area contributed by atoms with Crippen LogP contribution in [0.2, 0.25) is 0 Å². The molecule has 1 N–H and O–H groups in total. The fourth-order valence-electron chi connectivity index (χ4n) is 2.01. The number of hydrogen-bond acceptors (Lipinski definition) is 1. The highest BCUT2D eigenvalue weighted by atomic mass is 14.9. The van der Waals surface area contributed by atoms with Gasteiger partial charge in [-0.05, 0) is 35.4 Å². The van der Waals surface area contributed by atoms with Gasteiger partial charge in [-0.3, -0.25) is 0 Å². The van der Waals surface area contributed by atoms with Crippen molar-refractivity contribution in [1.29, 1.82) is 0 Å². The van der Waals surface area contributed by atoms with Gasteiger partial charge in [-0.1, -0.05) is 60.6 Å². The zero-order valence-electron chi connectivity index (χ0n) is 11.5. The average molecular weight is 246 g/mol. The van der Waals surface area contributed by atoms with Crippen molar-refractivity contribution < 1.29 is 1.37 Å². The zero-order chi connectivity index (χ0) is 13.8. The van der Waals surface area contributed by atoms with E-state index >= 15 is 0 Å². The highest BCUT2D eigenvalue weighted by Gasteiger charge is 1.97. The standard InChI is InChI=1S/C18H15N/c1-3-7-15(8-4-1)16-11-13-18(14-12-16)19-17-9-5-2-6-10-17/h1-14,19H/i2D. The summed E-state index contributed by atoms with van der Waals surface area (Å²) < 4.78 is 7.47. The van der Waals surface area contributed by atoms with Crippen molar-refractivity contribution in [2.75, 3.05) is 5.32 Å². The molecule has 1 nitrogen and oxygen atoms in total. The molecule has 0 spiro atoms. The van der Waals surface area contributed by atoms with Crippen LogP contribution in [-0.2, 0) is 0 Å². The smallest absolute Gasteiger partial charge is 0.0623 e. The molecule has 0 aliphatic carbocycles. The third-order valence-corrected chi connectivity index (χ3v) is 3.00. The lowest BCUT2D eigenvalue weighted by atomic mass is 10.1. The van der Waals surface area contributed by atoms with E-state index in [0.29, 0.717) is 6.04 Å². The molecule has 0 saturated heterocycles. The number of hydrogen-bond donors (Lipinski definition) is 1. The third kappa shape index (κ3) is 2.83. The molecular weight excluding hydrogens is 230 g/mol. The Balaban J connectivity index is 1.78. The third-order valence-electron chi connectivity index (χ3n) is 3.00. The number of para-hydroxylation sites is 1. The first-order valence-electron chi connectivity index (χ1n) is 6.80. The van der Waals surface area contributed by atoms with Gasteiger partial charge in [0.05, 0.1) is 1.37 Å². The second-order valence-electron chi connectivity index (χ2n) is 4.36. The molecule has 0 heterocycles. The lowest BCUT2D eigenvalue weighted by Crippen LogP contribution is -1.89. The van der Waals surface area contributed by atoms with E-state index in [4.69, 9.17) is 1.37 Å². The molecule has 0 atom stereocenters. The minimum absolute atomic E-state index is 0.523. The van der Waals surface area contributed by atoms with Crippen LogP contribution in [0, 0.1) is 0 Å². The lowest BCUT2D eigenvalue weighted by Gasteiger charge is -2.07. The minimum Gasteiger partial charge on any atom is -0.356 e. The second-order valence-corrected chi connectivity index (χ2v) is 4.36. The summed E-state index contributed by atoms with van der Waals surface area (Å²) in [5, 5.41) is 3.33. The number of rotatable bonds is 3. The van der Waals surface area contributed by atoms with Crippen LogP contribution in [0.15, 0.2) is 84.9 Å². The minimum atomic E-state index is 0.523. The first-order valence-corrected chi connectivity index (χ1v) is 6.30. The van der Waals surface area contributed by atoms with Gasteiger partial charge in [0.15, 0.2) is 0 Å². The topological polar surface area (TPSA) is 12.0 Å². The van der Waals surface area contributed by atoms with Crippen molar-refractivity contribution in [2.24, 2.45) is 0 Å². The molecule has 0 unspecified atom stereocenters. The van der Waals surface area contributed by atoms with Crippen molar-refractivity contribution >= 4 is 11.4 Å². The van der Waals surface area contributed by atoms with Crippen molar-refractivity contribution in [1.82, 2.24) is 0 Å². The first-order chi connectivity index (χ1) is 9.81. The van der Waals surface area contributed by atoms with Gasteiger partial charge in [0.2, 0.25) is 0 Å². The van der Waals surface area contributed by atoms with Crippen LogP contribution in [-0.4, -0.2) is 0 Å². The van der Waals surface area contributed by atoms with Crippen molar-refractivity contribution in [3.63, 3.8) is 0 Å². The Labute approximate surface area is 115 Å². The van der Waals surface area contributed by atoms with E-state index in [9.17, 15) is 0 Å². The van der Waals surface area contributed by atoms with Crippen LogP contribution in [0.25, 0.3) is 11.1 Å². The summed E-state index contributed by atoms with van der Waals surface area (Å²) in [4.78, 5) is 0. The monoisotopic (exact) mass is 246 g/mol. The van der Waals surface area contributed by atoms with Crippen LogP contribution >= 0.6 is 0 Å². The van der Waals surface area contributed by atoms with Gasteiger partial charge >= 0.3 is 0 Å². The Morgan fingerprint density at radius 3 is 1.84 bits per heavy atom. The van der Waals surface area contributed by atoms with Crippen molar-refractivity contribution in [3.05, 3.63) is 84.9 Å². The molecule has 0 amide bonds. The van der Waals surface area contributed by atoms with E-state index in [-0.39, 0.29) is 0 Å². The summed E-state index contributed by atoms with van der Waals surface area (Å²) in [6, 6.07) is 26.6. The van der Waals surface area contributed by atoms with E-state index < -0.39 is 0 Å². The predicted octanol–water partition coefficient (Wildman–Crippen LogP) is 5.10. The molecule has 0 saturated carbocycles. The molecule has 0 fully saturated rings. The first kappa shape index (κ1) is 10.4. The Hall–Kier alpha value is -2.54. The average Bonchev–Trinajstić information content (AvgIpc) is 2.51. The Bertz CT molecular complexity index is 673. The van der Waals surface area contributed by atoms with Crippen LogP contribution in [0.3, 0.4) is 0 Å². The van der Waals surface area contributed by atoms with Crippen molar-refractivity contribution in [3.8, 4) is 11.1 Å². The fraction of sp³-hybridized carbons (Fsp3) is 0. The number of nitrogens with one attached hydrogen (secondary N) is 1. The molecule has 0 bridgehead atoms. The normalized spacial score (nSPS) is 10.8.